The number of nitrogens with one attached hydrogen (secondary N) is 1. The first-order valence-corrected chi connectivity index (χ1v) is 6.21. The van der Waals surface area contributed by atoms with Crippen molar-refractivity contribution in [1.82, 2.24) is 5.32 Å². The first-order chi connectivity index (χ1) is 9.74. The molecule has 0 radical (unpaired) electrons. The summed E-state index contributed by atoms with van der Waals surface area (Å²) in [5.41, 5.74) is 1.66. The average Bonchev–Trinajstić information content (AvgIpc) is 2.53. The highest BCUT2D eigenvalue weighted by atomic mass is 16.3. The summed E-state index contributed by atoms with van der Waals surface area (Å²) in [7, 11) is 0. The molecule has 0 aliphatic heterocycles. The zero-order chi connectivity index (χ0) is 14.4. The number of hydrogen-bond donors (Lipinski definition) is 2. The Morgan fingerprint density at radius 3 is 2.60 bits per heavy atom. The molecule has 4 nitrogen and oxygen atoms in total. The molecule has 1 unspecified atom stereocenters. The second-order valence-corrected chi connectivity index (χ2v) is 4.31. The van der Waals surface area contributed by atoms with Gasteiger partial charge in [-0.25, -0.2) is 0 Å². The predicted molar refractivity (Wildman–Crippen MR) is 74.9 cm³/mol. The second kappa shape index (κ2) is 6.50. The third-order valence-corrected chi connectivity index (χ3v) is 2.94. The number of hydrogen-bond acceptors (Lipinski definition) is 3. The summed E-state index contributed by atoms with van der Waals surface area (Å²) in [6, 6.07) is 17.2. The largest absolute Gasteiger partial charge is 0.394 e. The Labute approximate surface area is 117 Å². The van der Waals surface area contributed by atoms with E-state index in [4.69, 9.17) is 5.26 Å². The van der Waals surface area contributed by atoms with Crippen molar-refractivity contribution in [2.75, 3.05) is 6.61 Å². The van der Waals surface area contributed by atoms with Gasteiger partial charge in [0.2, 0.25) is 0 Å². The van der Waals surface area contributed by atoms with Crippen LogP contribution >= 0.6 is 0 Å². The van der Waals surface area contributed by atoms with Crippen LogP contribution in [-0.2, 0) is 0 Å². The lowest BCUT2D eigenvalue weighted by Gasteiger charge is -2.16. The maximum absolute atomic E-state index is 12.1. The van der Waals surface area contributed by atoms with E-state index in [1.807, 2.05) is 36.4 Å². The molecule has 0 bridgehead atoms. The number of nitriles is 1. The zero-order valence-electron chi connectivity index (χ0n) is 10.8. The van der Waals surface area contributed by atoms with Gasteiger partial charge in [0.1, 0.15) is 0 Å². The number of carbonyl (C=O) groups is 1. The van der Waals surface area contributed by atoms with Crippen LogP contribution in [0.1, 0.15) is 27.5 Å². The topological polar surface area (TPSA) is 73.1 Å². The molecule has 0 aromatic heterocycles. The van der Waals surface area contributed by atoms with Crippen LogP contribution in [0.2, 0.25) is 0 Å². The maximum atomic E-state index is 12.1. The standard InChI is InChI=1S/C16H14N2O2/c17-10-12-5-4-8-14(9-12)16(20)18-15(11-19)13-6-2-1-3-7-13/h1-9,15,19H,11H2,(H,18,20). The Balaban J connectivity index is 2.15. The van der Waals surface area contributed by atoms with Gasteiger partial charge in [-0.2, -0.15) is 5.26 Å². The summed E-state index contributed by atoms with van der Waals surface area (Å²) >= 11 is 0. The molecule has 100 valence electrons. The van der Waals surface area contributed by atoms with Crippen LogP contribution in [0.5, 0.6) is 0 Å². The quantitative estimate of drug-likeness (QED) is 0.889. The average molecular weight is 266 g/mol. The fourth-order valence-electron chi connectivity index (χ4n) is 1.89. The molecule has 20 heavy (non-hydrogen) atoms. The minimum Gasteiger partial charge on any atom is -0.394 e. The molecule has 1 atom stereocenters. The van der Waals surface area contributed by atoms with E-state index < -0.39 is 6.04 Å². The summed E-state index contributed by atoms with van der Waals surface area (Å²) < 4.78 is 0. The third-order valence-electron chi connectivity index (χ3n) is 2.94. The molecule has 2 N–H and O–H groups in total. The van der Waals surface area contributed by atoms with Crippen LogP contribution in [0.4, 0.5) is 0 Å². The van der Waals surface area contributed by atoms with E-state index in [0.717, 1.165) is 5.56 Å². The number of amides is 1. The molecule has 2 aromatic carbocycles. The number of rotatable bonds is 4. The van der Waals surface area contributed by atoms with Crippen molar-refractivity contribution in [1.29, 1.82) is 5.26 Å². The van der Waals surface area contributed by atoms with Gasteiger partial charge in [-0.15, -0.1) is 0 Å². The van der Waals surface area contributed by atoms with E-state index in [9.17, 15) is 9.90 Å². The Hall–Kier alpha value is -2.64. The molecular formula is C16H14N2O2. The summed E-state index contributed by atoms with van der Waals surface area (Å²) in [4.78, 5) is 12.1. The van der Waals surface area contributed by atoms with E-state index in [1.165, 1.54) is 6.07 Å². The number of aliphatic hydroxyl groups excluding tert-OH is 1. The van der Waals surface area contributed by atoms with Gasteiger partial charge in [-0.05, 0) is 23.8 Å². The van der Waals surface area contributed by atoms with Gasteiger partial charge >= 0.3 is 0 Å². The molecule has 0 saturated carbocycles. The predicted octanol–water partition coefficient (Wildman–Crippen LogP) is 2.02. The fourth-order valence-corrected chi connectivity index (χ4v) is 1.89. The van der Waals surface area contributed by atoms with Crippen LogP contribution in [0.3, 0.4) is 0 Å². The van der Waals surface area contributed by atoms with Crippen molar-refractivity contribution < 1.29 is 9.90 Å². The van der Waals surface area contributed by atoms with Crippen LogP contribution in [0.15, 0.2) is 54.6 Å². The van der Waals surface area contributed by atoms with Crippen molar-refractivity contribution >= 4 is 5.91 Å². The Morgan fingerprint density at radius 2 is 1.95 bits per heavy atom. The van der Waals surface area contributed by atoms with Gasteiger partial charge in [-0.3, -0.25) is 4.79 Å². The van der Waals surface area contributed by atoms with E-state index in [-0.39, 0.29) is 12.5 Å². The Kier molecular flexibility index (Phi) is 4.48. The van der Waals surface area contributed by atoms with Gasteiger partial charge in [0.25, 0.3) is 5.91 Å². The normalized spacial score (nSPS) is 11.4. The van der Waals surface area contributed by atoms with Gasteiger partial charge in [0, 0.05) is 5.56 Å². The first kappa shape index (κ1) is 13.8. The molecule has 0 aliphatic carbocycles. The lowest BCUT2D eigenvalue weighted by molar-refractivity contribution is 0.0916. The van der Waals surface area contributed by atoms with E-state index >= 15 is 0 Å². The van der Waals surface area contributed by atoms with Gasteiger partial charge in [0.05, 0.1) is 24.3 Å². The van der Waals surface area contributed by atoms with Crippen molar-refractivity contribution in [3.8, 4) is 6.07 Å². The summed E-state index contributed by atoms with van der Waals surface area (Å²) in [5, 5.41) is 21.0. The van der Waals surface area contributed by atoms with Crippen LogP contribution in [0, 0.1) is 11.3 Å². The number of carbonyl (C=O) groups excluding carboxylic acids is 1. The van der Waals surface area contributed by atoms with Crippen molar-refractivity contribution in [3.63, 3.8) is 0 Å². The summed E-state index contributed by atoms with van der Waals surface area (Å²) in [5.74, 6) is -0.315. The molecule has 0 heterocycles. The summed E-state index contributed by atoms with van der Waals surface area (Å²) in [6.07, 6.45) is 0. The minimum absolute atomic E-state index is 0.187. The van der Waals surface area contributed by atoms with Gasteiger partial charge < -0.3 is 10.4 Å². The van der Waals surface area contributed by atoms with Crippen molar-refractivity contribution in [3.05, 3.63) is 71.3 Å². The SMILES string of the molecule is N#Cc1cccc(C(=O)NC(CO)c2ccccc2)c1. The molecule has 2 aromatic rings. The second-order valence-electron chi connectivity index (χ2n) is 4.31. The Bertz CT molecular complexity index is 632. The van der Waals surface area contributed by atoms with Crippen molar-refractivity contribution in [2.45, 2.75) is 6.04 Å². The molecule has 0 saturated heterocycles. The van der Waals surface area contributed by atoms with E-state index in [1.54, 1.807) is 18.2 Å². The lowest BCUT2D eigenvalue weighted by Crippen LogP contribution is -2.30. The number of aliphatic hydroxyl groups is 1. The van der Waals surface area contributed by atoms with E-state index in [0.29, 0.717) is 11.1 Å². The molecular weight excluding hydrogens is 252 g/mol. The van der Waals surface area contributed by atoms with Crippen LogP contribution in [-0.4, -0.2) is 17.6 Å². The van der Waals surface area contributed by atoms with Crippen LogP contribution in [0.25, 0.3) is 0 Å². The van der Waals surface area contributed by atoms with Crippen LogP contribution < -0.4 is 5.32 Å². The molecule has 1 amide bonds. The molecule has 2 rings (SSSR count). The molecule has 0 aliphatic rings. The van der Waals surface area contributed by atoms with Gasteiger partial charge in [-0.1, -0.05) is 36.4 Å². The Morgan fingerprint density at radius 1 is 1.20 bits per heavy atom. The highest BCUT2D eigenvalue weighted by Gasteiger charge is 2.14. The summed E-state index contributed by atoms with van der Waals surface area (Å²) in [6.45, 7) is -0.187. The number of nitrogens with zero attached hydrogens (tertiary/aromatic N) is 1. The fraction of sp³-hybridized carbons (Fsp3) is 0.125. The highest BCUT2D eigenvalue weighted by Crippen LogP contribution is 2.13. The zero-order valence-corrected chi connectivity index (χ0v) is 10.8. The molecule has 0 spiro atoms. The smallest absolute Gasteiger partial charge is 0.251 e. The number of benzene rings is 2. The lowest BCUT2D eigenvalue weighted by atomic mass is 10.1. The van der Waals surface area contributed by atoms with Crippen molar-refractivity contribution in [2.24, 2.45) is 0 Å². The minimum atomic E-state index is -0.463. The van der Waals surface area contributed by atoms with E-state index in [2.05, 4.69) is 5.32 Å². The highest BCUT2D eigenvalue weighted by molar-refractivity contribution is 5.94. The monoisotopic (exact) mass is 266 g/mol. The molecule has 0 fully saturated rings. The van der Waals surface area contributed by atoms with Gasteiger partial charge in [0.15, 0.2) is 0 Å². The maximum Gasteiger partial charge on any atom is 0.251 e. The first-order valence-electron chi connectivity index (χ1n) is 6.21. The third kappa shape index (κ3) is 3.22. The molecule has 4 heteroatoms.